The number of carboxylic acids is 1. The molecule has 0 atom stereocenters. The van der Waals surface area contributed by atoms with Gasteiger partial charge in [0.2, 0.25) is 5.91 Å². The van der Waals surface area contributed by atoms with Crippen molar-refractivity contribution >= 4 is 21.7 Å². The number of carbonyl (C=O) groups excluding carboxylic acids is 1. The predicted octanol–water partition coefficient (Wildman–Crippen LogP) is -0.241. The lowest BCUT2D eigenvalue weighted by Gasteiger charge is -2.23. The summed E-state index contributed by atoms with van der Waals surface area (Å²) in [5, 5.41) is 8.71. The van der Waals surface area contributed by atoms with Crippen LogP contribution in [0.15, 0.2) is 0 Å². The Morgan fingerprint density at radius 2 is 1.79 bits per heavy atom. The fourth-order valence-corrected chi connectivity index (χ4v) is 2.07. The standard InChI is InChI=1S/C11H21NO6S/c1-11(2,3)19(16,17)8-9(13)12(5-6-18-4)7-10(14)15/h5-8H2,1-4H3,(H,14,15). The molecule has 7 nitrogen and oxygen atoms in total. The number of hydrogen-bond acceptors (Lipinski definition) is 5. The highest BCUT2D eigenvalue weighted by Crippen LogP contribution is 2.16. The van der Waals surface area contributed by atoms with Gasteiger partial charge in [0.05, 0.1) is 11.4 Å². The molecule has 19 heavy (non-hydrogen) atoms. The zero-order chi connectivity index (χ0) is 15.3. The fraction of sp³-hybridized carbons (Fsp3) is 0.818. The average Bonchev–Trinajstić information content (AvgIpc) is 2.21. The van der Waals surface area contributed by atoms with Gasteiger partial charge >= 0.3 is 5.97 Å². The van der Waals surface area contributed by atoms with Crippen LogP contribution in [0.25, 0.3) is 0 Å². The van der Waals surface area contributed by atoms with Gasteiger partial charge in [0.25, 0.3) is 0 Å². The first-order valence-corrected chi connectivity index (χ1v) is 7.37. The molecular weight excluding hydrogens is 274 g/mol. The number of carbonyl (C=O) groups is 2. The summed E-state index contributed by atoms with van der Waals surface area (Å²) in [6, 6.07) is 0. The number of ether oxygens (including phenoxy) is 1. The van der Waals surface area contributed by atoms with E-state index in [2.05, 4.69) is 0 Å². The second-order valence-corrected chi connectivity index (χ2v) is 7.82. The minimum Gasteiger partial charge on any atom is -0.480 e. The molecule has 0 rings (SSSR count). The molecule has 112 valence electrons. The summed E-state index contributed by atoms with van der Waals surface area (Å²) in [4.78, 5) is 23.5. The first-order valence-electron chi connectivity index (χ1n) is 5.72. The van der Waals surface area contributed by atoms with Crippen LogP contribution in [0.1, 0.15) is 20.8 Å². The molecule has 0 aliphatic heterocycles. The van der Waals surface area contributed by atoms with E-state index in [1.165, 1.54) is 27.9 Å². The van der Waals surface area contributed by atoms with Crippen molar-refractivity contribution in [2.24, 2.45) is 0 Å². The number of carboxylic acid groups (broad SMARTS) is 1. The van der Waals surface area contributed by atoms with Crippen LogP contribution in [0, 0.1) is 0 Å². The van der Waals surface area contributed by atoms with Crippen LogP contribution in [-0.2, 0) is 24.2 Å². The maximum atomic E-state index is 11.9. The summed E-state index contributed by atoms with van der Waals surface area (Å²) in [6.07, 6.45) is 0. The van der Waals surface area contributed by atoms with Crippen molar-refractivity contribution in [3.8, 4) is 0 Å². The van der Waals surface area contributed by atoms with Crippen LogP contribution < -0.4 is 0 Å². The Morgan fingerprint density at radius 1 is 1.26 bits per heavy atom. The number of nitrogens with zero attached hydrogens (tertiary/aromatic N) is 1. The van der Waals surface area contributed by atoms with E-state index >= 15 is 0 Å². The highest BCUT2D eigenvalue weighted by Gasteiger charge is 2.33. The van der Waals surface area contributed by atoms with Crippen molar-refractivity contribution in [1.29, 1.82) is 0 Å². The molecule has 0 aromatic carbocycles. The SMILES string of the molecule is COCCN(CC(=O)O)C(=O)CS(=O)(=O)C(C)(C)C. The molecule has 0 spiro atoms. The molecule has 0 saturated carbocycles. The van der Waals surface area contributed by atoms with E-state index in [1.807, 2.05) is 0 Å². The summed E-state index contributed by atoms with van der Waals surface area (Å²) >= 11 is 0. The third-order valence-corrected chi connectivity index (χ3v) is 4.98. The lowest BCUT2D eigenvalue weighted by atomic mass is 10.3. The molecule has 1 amide bonds. The first-order chi connectivity index (χ1) is 8.51. The molecule has 8 heteroatoms. The first kappa shape index (κ1) is 17.8. The van der Waals surface area contributed by atoms with Crippen molar-refractivity contribution in [2.45, 2.75) is 25.5 Å². The quantitative estimate of drug-likeness (QED) is 0.695. The Balaban J connectivity index is 4.87. The summed E-state index contributed by atoms with van der Waals surface area (Å²) < 4.78 is 27.5. The van der Waals surface area contributed by atoms with E-state index in [4.69, 9.17) is 9.84 Å². The van der Waals surface area contributed by atoms with Crippen molar-refractivity contribution in [3.05, 3.63) is 0 Å². The van der Waals surface area contributed by atoms with Gasteiger partial charge < -0.3 is 14.7 Å². The molecule has 0 bridgehead atoms. The van der Waals surface area contributed by atoms with E-state index in [-0.39, 0.29) is 13.2 Å². The molecule has 0 saturated heterocycles. The Bertz CT molecular complexity index is 423. The smallest absolute Gasteiger partial charge is 0.323 e. The van der Waals surface area contributed by atoms with E-state index in [0.29, 0.717) is 0 Å². The van der Waals surface area contributed by atoms with Crippen molar-refractivity contribution in [1.82, 2.24) is 4.90 Å². The average molecular weight is 295 g/mol. The van der Waals surface area contributed by atoms with Gasteiger partial charge in [-0.05, 0) is 20.8 Å². The van der Waals surface area contributed by atoms with Gasteiger partial charge in [-0.2, -0.15) is 0 Å². The zero-order valence-electron chi connectivity index (χ0n) is 11.7. The lowest BCUT2D eigenvalue weighted by molar-refractivity contribution is -0.143. The van der Waals surface area contributed by atoms with E-state index in [1.54, 1.807) is 0 Å². The fourth-order valence-electron chi connectivity index (χ4n) is 1.13. The summed E-state index contributed by atoms with van der Waals surface area (Å²) in [5.41, 5.74) is 0. The maximum Gasteiger partial charge on any atom is 0.323 e. The zero-order valence-corrected chi connectivity index (χ0v) is 12.5. The molecule has 0 unspecified atom stereocenters. The second-order valence-electron chi connectivity index (χ2n) is 5.07. The molecular formula is C11H21NO6S. The number of sulfone groups is 1. The van der Waals surface area contributed by atoms with E-state index < -0.39 is 38.8 Å². The lowest BCUT2D eigenvalue weighted by Crippen LogP contribution is -2.44. The highest BCUT2D eigenvalue weighted by molar-refractivity contribution is 7.93. The third-order valence-electron chi connectivity index (χ3n) is 2.49. The Kier molecular flexibility index (Phi) is 6.44. The minimum absolute atomic E-state index is 0.0430. The van der Waals surface area contributed by atoms with Crippen LogP contribution in [0.4, 0.5) is 0 Å². The number of amides is 1. The number of methoxy groups -OCH3 is 1. The van der Waals surface area contributed by atoms with Gasteiger partial charge in [-0.3, -0.25) is 9.59 Å². The third kappa shape index (κ3) is 6.02. The molecule has 0 aliphatic rings. The van der Waals surface area contributed by atoms with E-state index in [9.17, 15) is 18.0 Å². The topological polar surface area (TPSA) is 101 Å². The van der Waals surface area contributed by atoms with Crippen LogP contribution in [0.5, 0.6) is 0 Å². The number of rotatable bonds is 7. The number of hydrogen-bond donors (Lipinski definition) is 1. The molecule has 0 aromatic heterocycles. The van der Waals surface area contributed by atoms with Crippen molar-refractivity contribution in [3.63, 3.8) is 0 Å². The Hall–Kier alpha value is -1.15. The van der Waals surface area contributed by atoms with Crippen LogP contribution in [0.2, 0.25) is 0 Å². The van der Waals surface area contributed by atoms with Gasteiger partial charge in [-0.15, -0.1) is 0 Å². The van der Waals surface area contributed by atoms with Crippen LogP contribution in [0.3, 0.4) is 0 Å². The summed E-state index contributed by atoms with van der Waals surface area (Å²) in [6.45, 7) is 4.13. The Morgan fingerprint density at radius 3 is 2.16 bits per heavy atom. The molecule has 1 N–H and O–H groups in total. The summed E-state index contributed by atoms with van der Waals surface area (Å²) in [5.74, 6) is -2.62. The predicted molar refractivity (Wildman–Crippen MR) is 69.6 cm³/mol. The van der Waals surface area contributed by atoms with Crippen molar-refractivity contribution in [2.75, 3.05) is 32.6 Å². The second kappa shape index (κ2) is 6.85. The van der Waals surface area contributed by atoms with Crippen LogP contribution >= 0.6 is 0 Å². The molecule has 0 fully saturated rings. The van der Waals surface area contributed by atoms with Gasteiger partial charge in [0, 0.05) is 13.7 Å². The highest BCUT2D eigenvalue weighted by atomic mass is 32.2. The van der Waals surface area contributed by atoms with E-state index in [0.717, 1.165) is 4.90 Å². The molecule has 0 aliphatic carbocycles. The normalized spacial score (nSPS) is 12.2. The maximum absolute atomic E-state index is 11.9. The Labute approximate surface area is 113 Å². The number of aliphatic carboxylic acids is 1. The summed E-state index contributed by atoms with van der Waals surface area (Å²) in [7, 11) is -2.22. The monoisotopic (exact) mass is 295 g/mol. The largest absolute Gasteiger partial charge is 0.480 e. The van der Waals surface area contributed by atoms with Gasteiger partial charge in [-0.1, -0.05) is 0 Å². The van der Waals surface area contributed by atoms with Gasteiger partial charge in [-0.25, -0.2) is 8.42 Å². The molecule has 0 radical (unpaired) electrons. The van der Waals surface area contributed by atoms with Crippen molar-refractivity contribution < 1.29 is 27.9 Å². The van der Waals surface area contributed by atoms with Crippen LogP contribution in [-0.4, -0.2) is 67.6 Å². The van der Waals surface area contributed by atoms with Gasteiger partial charge in [0.15, 0.2) is 9.84 Å². The molecule has 0 heterocycles. The minimum atomic E-state index is -3.63. The van der Waals surface area contributed by atoms with Gasteiger partial charge in [0.1, 0.15) is 12.3 Å². The molecule has 0 aromatic rings.